The van der Waals surface area contributed by atoms with Crippen molar-refractivity contribution in [1.29, 1.82) is 0 Å². The molecule has 0 spiro atoms. The van der Waals surface area contributed by atoms with E-state index in [2.05, 4.69) is 15.6 Å². The summed E-state index contributed by atoms with van der Waals surface area (Å²) in [7, 11) is 0. The smallest absolute Gasteiger partial charge is 0.338 e. The van der Waals surface area contributed by atoms with Gasteiger partial charge in [0.15, 0.2) is 5.13 Å². The van der Waals surface area contributed by atoms with Crippen LogP contribution in [-0.2, 0) is 9.53 Å². The van der Waals surface area contributed by atoms with E-state index in [1.807, 2.05) is 5.38 Å². The van der Waals surface area contributed by atoms with Gasteiger partial charge in [-0.25, -0.2) is 9.78 Å². The van der Waals surface area contributed by atoms with Gasteiger partial charge in [-0.05, 0) is 49.8 Å². The number of aromatic nitrogens is 1. The third kappa shape index (κ3) is 5.77. The van der Waals surface area contributed by atoms with Crippen molar-refractivity contribution in [2.45, 2.75) is 20.0 Å². The number of hydrogen-bond acceptors (Lipinski definition) is 8. The number of carbonyl (C=O) groups excluding carboxylic acids is 3. The summed E-state index contributed by atoms with van der Waals surface area (Å²) in [5.41, 5.74) is 3.23. The summed E-state index contributed by atoms with van der Waals surface area (Å²) >= 11 is 7.50. The second-order valence-corrected chi connectivity index (χ2v) is 10.1. The highest BCUT2D eigenvalue weighted by molar-refractivity contribution is 8.26. The number of carbonyl (C=O) groups is 3. The molecule has 0 bridgehead atoms. The van der Waals surface area contributed by atoms with E-state index in [0.29, 0.717) is 31.2 Å². The Bertz CT molecular complexity index is 1300. The Balaban J connectivity index is 1.39. The van der Waals surface area contributed by atoms with Crippen LogP contribution in [0.5, 0.6) is 0 Å². The zero-order valence-electron chi connectivity index (χ0n) is 18.2. The molecule has 10 heteroatoms. The van der Waals surface area contributed by atoms with Crippen molar-refractivity contribution in [1.82, 2.24) is 10.3 Å². The SMILES string of the molecule is CC(C)OC(=O)c1ccc(-c2csc(NC(=O)c3ccc(/C=C4\SC(=S)NC4=O)cc3)n2)cc1. The van der Waals surface area contributed by atoms with Gasteiger partial charge in [0.25, 0.3) is 11.8 Å². The van der Waals surface area contributed by atoms with Crippen molar-refractivity contribution in [3.05, 3.63) is 75.5 Å². The summed E-state index contributed by atoms with van der Waals surface area (Å²) in [6.45, 7) is 3.60. The van der Waals surface area contributed by atoms with Gasteiger partial charge in [0.05, 0.1) is 22.3 Å². The predicted octanol–water partition coefficient (Wildman–Crippen LogP) is 5.12. The predicted molar refractivity (Wildman–Crippen MR) is 139 cm³/mol. The highest BCUT2D eigenvalue weighted by Crippen LogP contribution is 2.27. The minimum absolute atomic E-state index is 0.184. The lowest BCUT2D eigenvalue weighted by Gasteiger charge is -2.07. The second-order valence-electron chi connectivity index (χ2n) is 7.50. The third-order valence-electron chi connectivity index (χ3n) is 4.60. The number of nitrogens with zero attached hydrogens (tertiary/aromatic N) is 1. The molecule has 1 saturated heterocycles. The van der Waals surface area contributed by atoms with Crippen LogP contribution in [0.3, 0.4) is 0 Å². The van der Waals surface area contributed by atoms with Crippen LogP contribution in [0, 0.1) is 0 Å². The van der Waals surface area contributed by atoms with E-state index in [0.717, 1.165) is 11.1 Å². The molecule has 1 aliphatic heterocycles. The van der Waals surface area contributed by atoms with E-state index in [-0.39, 0.29) is 23.9 Å². The molecule has 3 aromatic rings. The Morgan fingerprint density at radius 2 is 1.76 bits per heavy atom. The van der Waals surface area contributed by atoms with Crippen LogP contribution in [0.1, 0.15) is 40.1 Å². The lowest BCUT2D eigenvalue weighted by Crippen LogP contribution is -2.17. The standard InChI is InChI=1S/C24H19N3O4S3/c1-13(2)31-22(30)17-9-7-15(8-10-17)18-12-33-23(25-18)26-20(28)16-5-3-14(4-6-16)11-19-21(29)27-24(32)34-19/h3-13H,1-2H3,(H,25,26,28)(H,27,29,32)/b19-11-. The van der Waals surface area contributed by atoms with E-state index < -0.39 is 0 Å². The first-order chi connectivity index (χ1) is 16.3. The van der Waals surface area contributed by atoms with E-state index >= 15 is 0 Å². The van der Waals surface area contributed by atoms with Crippen LogP contribution in [0.25, 0.3) is 17.3 Å². The largest absolute Gasteiger partial charge is 0.459 e. The van der Waals surface area contributed by atoms with E-state index in [1.54, 1.807) is 68.5 Å². The fraction of sp³-hybridized carbons (Fsp3) is 0.125. The molecule has 2 N–H and O–H groups in total. The molecule has 0 atom stereocenters. The van der Waals surface area contributed by atoms with Gasteiger partial charge in [-0.15, -0.1) is 11.3 Å². The molecule has 2 aromatic carbocycles. The average molecular weight is 510 g/mol. The number of hydrogen-bond donors (Lipinski definition) is 2. The number of esters is 1. The van der Waals surface area contributed by atoms with Crippen LogP contribution in [0.2, 0.25) is 0 Å². The lowest BCUT2D eigenvalue weighted by atomic mass is 10.1. The Hall–Kier alpha value is -3.34. The molecule has 0 unspecified atom stereocenters. The van der Waals surface area contributed by atoms with E-state index in [9.17, 15) is 14.4 Å². The van der Waals surface area contributed by atoms with Crippen molar-refractivity contribution >= 4 is 68.6 Å². The summed E-state index contributed by atoms with van der Waals surface area (Å²) in [6.07, 6.45) is 1.54. The fourth-order valence-corrected chi connectivity index (χ4v) is 4.75. The van der Waals surface area contributed by atoms with Crippen molar-refractivity contribution in [3.8, 4) is 11.3 Å². The molecule has 0 radical (unpaired) electrons. The molecule has 1 aromatic heterocycles. The normalized spacial score (nSPS) is 14.4. The van der Waals surface area contributed by atoms with Crippen LogP contribution in [0.4, 0.5) is 5.13 Å². The van der Waals surface area contributed by atoms with Gasteiger partial charge in [-0.3, -0.25) is 14.9 Å². The minimum Gasteiger partial charge on any atom is -0.459 e. The molecule has 4 rings (SSSR count). The van der Waals surface area contributed by atoms with Crippen molar-refractivity contribution in [2.24, 2.45) is 0 Å². The van der Waals surface area contributed by atoms with Gasteiger partial charge in [-0.2, -0.15) is 0 Å². The van der Waals surface area contributed by atoms with Gasteiger partial charge in [0.1, 0.15) is 4.32 Å². The highest BCUT2D eigenvalue weighted by Gasteiger charge is 2.22. The number of thiazole rings is 1. The molecule has 1 fully saturated rings. The van der Waals surface area contributed by atoms with Crippen molar-refractivity contribution in [2.75, 3.05) is 5.32 Å². The first kappa shape index (κ1) is 23.8. The lowest BCUT2D eigenvalue weighted by molar-refractivity contribution is -0.115. The first-order valence-corrected chi connectivity index (χ1v) is 12.3. The molecule has 172 valence electrons. The van der Waals surface area contributed by atoms with Crippen LogP contribution in [0.15, 0.2) is 58.8 Å². The number of thiocarbonyl (C=S) groups is 1. The Morgan fingerprint density at radius 1 is 1.09 bits per heavy atom. The molecule has 0 saturated carbocycles. The zero-order chi connectivity index (χ0) is 24.2. The molecule has 2 heterocycles. The molecule has 34 heavy (non-hydrogen) atoms. The number of nitrogens with one attached hydrogen (secondary N) is 2. The molecule has 2 amide bonds. The van der Waals surface area contributed by atoms with Crippen LogP contribution < -0.4 is 10.6 Å². The number of amides is 2. The number of anilines is 1. The van der Waals surface area contributed by atoms with E-state index in [1.165, 1.54) is 23.1 Å². The van der Waals surface area contributed by atoms with Gasteiger partial charge < -0.3 is 10.1 Å². The average Bonchev–Trinajstić information content (AvgIpc) is 3.39. The quantitative estimate of drug-likeness (QED) is 0.271. The second kappa shape index (κ2) is 10.3. The van der Waals surface area contributed by atoms with Gasteiger partial charge >= 0.3 is 5.97 Å². The van der Waals surface area contributed by atoms with E-state index in [4.69, 9.17) is 17.0 Å². The number of benzene rings is 2. The van der Waals surface area contributed by atoms with Gasteiger partial charge in [0.2, 0.25) is 0 Å². The van der Waals surface area contributed by atoms with Gasteiger partial charge in [0, 0.05) is 16.5 Å². The fourth-order valence-electron chi connectivity index (χ4n) is 3.00. The first-order valence-electron chi connectivity index (χ1n) is 10.2. The molecule has 0 aliphatic carbocycles. The number of ether oxygens (including phenoxy) is 1. The monoisotopic (exact) mass is 509 g/mol. The summed E-state index contributed by atoms with van der Waals surface area (Å²) in [5.74, 6) is -0.883. The number of thioether (sulfide) groups is 1. The summed E-state index contributed by atoms with van der Waals surface area (Å²) in [6, 6.07) is 13.8. The Kier molecular flexibility index (Phi) is 7.20. The third-order valence-corrected chi connectivity index (χ3v) is 6.52. The highest BCUT2D eigenvalue weighted by atomic mass is 32.2. The Labute approximate surface area is 209 Å². The molecular weight excluding hydrogens is 490 g/mol. The molecule has 1 aliphatic rings. The maximum atomic E-state index is 12.6. The van der Waals surface area contributed by atoms with Gasteiger partial charge in [-0.1, -0.05) is 48.2 Å². The Morgan fingerprint density at radius 3 is 2.38 bits per heavy atom. The van der Waals surface area contributed by atoms with Crippen LogP contribution in [-0.4, -0.2) is 33.2 Å². The maximum absolute atomic E-state index is 12.6. The van der Waals surface area contributed by atoms with Crippen molar-refractivity contribution < 1.29 is 19.1 Å². The maximum Gasteiger partial charge on any atom is 0.338 e. The number of rotatable bonds is 6. The summed E-state index contributed by atoms with van der Waals surface area (Å²) in [4.78, 5) is 41.4. The van der Waals surface area contributed by atoms with Crippen LogP contribution >= 0.6 is 35.3 Å². The summed E-state index contributed by atoms with van der Waals surface area (Å²) in [5, 5.41) is 7.66. The zero-order valence-corrected chi connectivity index (χ0v) is 20.6. The molecule has 7 nitrogen and oxygen atoms in total. The minimum atomic E-state index is -0.372. The topological polar surface area (TPSA) is 97.4 Å². The summed E-state index contributed by atoms with van der Waals surface area (Å²) < 4.78 is 5.62. The molecular formula is C24H19N3O4S3. The van der Waals surface area contributed by atoms with Crippen molar-refractivity contribution in [3.63, 3.8) is 0 Å².